The lowest BCUT2D eigenvalue weighted by Crippen LogP contribution is -2.28. The summed E-state index contributed by atoms with van der Waals surface area (Å²) in [6, 6.07) is 5.37. The van der Waals surface area contributed by atoms with Crippen LogP contribution in [-0.2, 0) is 9.59 Å². The van der Waals surface area contributed by atoms with Crippen LogP contribution in [0.2, 0.25) is 0 Å². The first-order valence-electron chi connectivity index (χ1n) is 9.03. The van der Waals surface area contributed by atoms with Gasteiger partial charge in [0, 0.05) is 11.6 Å². The van der Waals surface area contributed by atoms with E-state index in [-0.39, 0.29) is 24.3 Å². The lowest BCUT2D eigenvalue weighted by atomic mass is 9.79. The number of hydrogen-bond donors (Lipinski definition) is 2. The molecule has 3 rings (SSSR count). The highest BCUT2D eigenvalue weighted by atomic mass is 16.5. The van der Waals surface area contributed by atoms with E-state index in [9.17, 15) is 9.59 Å². The summed E-state index contributed by atoms with van der Waals surface area (Å²) in [5.41, 5.74) is 1.32. The van der Waals surface area contributed by atoms with Gasteiger partial charge in [0.15, 0.2) is 6.61 Å². The van der Waals surface area contributed by atoms with Crippen molar-refractivity contribution in [2.45, 2.75) is 51.9 Å². The van der Waals surface area contributed by atoms with Gasteiger partial charge >= 0.3 is 0 Å². The van der Waals surface area contributed by atoms with E-state index in [4.69, 9.17) is 4.74 Å². The Labute approximate surface area is 143 Å². The standard InChI is InChI=1S/C19H26N2O3/c1-2-3-4-13-5-7-14(8-6-13)19(23)20-15-9-10-17-16(11-15)21-18(22)12-24-17/h9-11,13-14H,2-8,12H2,1H3,(H,20,23)(H,21,22). The molecule has 1 aromatic rings. The highest BCUT2D eigenvalue weighted by molar-refractivity contribution is 5.98. The van der Waals surface area contributed by atoms with Crippen molar-refractivity contribution in [2.75, 3.05) is 17.2 Å². The summed E-state index contributed by atoms with van der Waals surface area (Å²) in [6.45, 7) is 2.27. The molecule has 0 bridgehead atoms. The third-order valence-corrected chi connectivity index (χ3v) is 5.06. The molecular weight excluding hydrogens is 304 g/mol. The lowest BCUT2D eigenvalue weighted by molar-refractivity contribution is -0.121. The molecule has 1 heterocycles. The lowest BCUT2D eigenvalue weighted by Gasteiger charge is -2.28. The van der Waals surface area contributed by atoms with Crippen LogP contribution in [0.4, 0.5) is 11.4 Å². The van der Waals surface area contributed by atoms with E-state index in [2.05, 4.69) is 17.6 Å². The summed E-state index contributed by atoms with van der Waals surface area (Å²) in [5, 5.41) is 5.75. The van der Waals surface area contributed by atoms with Crippen LogP contribution in [-0.4, -0.2) is 18.4 Å². The maximum absolute atomic E-state index is 12.5. The fourth-order valence-corrected chi connectivity index (χ4v) is 3.61. The van der Waals surface area contributed by atoms with E-state index < -0.39 is 0 Å². The van der Waals surface area contributed by atoms with Crippen molar-refractivity contribution in [3.63, 3.8) is 0 Å². The van der Waals surface area contributed by atoms with E-state index in [1.807, 2.05) is 6.07 Å². The number of nitrogens with one attached hydrogen (secondary N) is 2. The largest absolute Gasteiger partial charge is 0.482 e. The fourth-order valence-electron chi connectivity index (χ4n) is 3.61. The molecule has 130 valence electrons. The Kier molecular flexibility index (Phi) is 5.38. The van der Waals surface area contributed by atoms with Gasteiger partial charge in [-0.15, -0.1) is 0 Å². The molecule has 0 aromatic heterocycles. The minimum Gasteiger partial charge on any atom is -0.482 e. The molecule has 1 aliphatic heterocycles. The van der Waals surface area contributed by atoms with Crippen molar-refractivity contribution in [2.24, 2.45) is 11.8 Å². The Morgan fingerprint density at radius 3 is 2.83 bits per heavy atom. The van der Waals surface area contributed by atoms with Crippen LogP contribution in [0.5, 0.6) is 5.75 Å². The third-order valence-electron chi connectivity index (χ3n) is 5.06. The van der Waals surface area contributed by atoms with Gasteiger partial charge in [0.1, 0.15) is 5.75 Å². The predicted octanol–water partition coefficient (Wildman–Crippen LogP) is 3.95. The number of rotatable bonds is 5. The number of carbonyl (C=O) groups is 2. The molecular formula is C19H26N2O3. The highest BCUT2D eigenvalue weighted by Gasteiger charge is 2.26. The Hall–Kier alpha value is -2.04. The molecule has 24 heavy (non-hydrogen) atoms. The summed E-state index contributed by atoms with van der Waals surface area (Å²) in [5.74, 6) is 1.46. The number of hydrogen-bond acceptors (Lipinski definition) is 3. The molecule has 1 aromatic carbocycles. The van der Waals surface area contributed by atoms with Crippen molar-refractivity contribution in [1.29, 1.82) is 0 Å². The summed E-state index contributed by atoms with van der Waals surface area (Å²) in [7, 11) is 0. The van der Waals surface area contributed by atoms with E-state index in [1.54, 1.807) is 12.1 Å². The third kappa shape index (κ3) is 4.08. The number of carbonyl (C=O) groups excluding carboxylic acids is 2. The van der Waals surface area contributed by atoms with Crippen LogP contribution in [0, 0.1) is 11.8 Å². The number of unbranched alkanes of at least 4 members (excludes halogenated alkanes) is 1. The molecule has 5 nitrogen and oxygen atoms in total. The van der Waals surface area contributed by atoms with Gasteiger partial charge in [-0.05, 0) is 49.8 Å². The van der Waals surface area contributed by atoms with Gasteiger partial charge in [0.2, 0.25) is 5.91 Å². The number of benzene rings is 1. The number of ether oxygens (including phenoxy) is 1. The molecule has 2 aliphatic rings. The topological polar surface area (TPSA) is 67.4 Å². The molecule has 1 saturated carbocycles. The van der Waals surface area contributed by atoms with Gasteiger partial charge in [-0.1, -0.05) is 26.2 Å². The molecule has 1 aliphatic carbocycles. The predicted molar refractivity (Wildman–Crippen MR) is 94.2 cm³/mol. The van der Waals surface area contributed by atoms with Crippen LogP contribution in [0.3, 0.4) is 0 Å². The van der Waals surface area contributed by atoms with Gasteiger partial charge in [0.25, 0.3) is 5.91 Å². The van der Waals surface area contributed by atoms with Crippen molar-refractivity contribution in [3.8, 4) is 5.75 Å². The van der Waals surface area contributed by atoms with Gasteiger partial charge in [0.05, 0.1) is 5.69 Å². The summed E-state index contributed by atoms with van der Waals surface area (Å²) in [4.78, 5) is 23.9. The Balaban J connectivity index is 1.54. The molecule has 2 amide bonds. The highest BCUT2D eigenvalue weighted by Crippen LogP contribution is 2.34. The Bertz CT molecular complexity index is 607. The fraction of sp³-hybridized carbons (Fsp3) is 0.579. The molecule has 5 heteroatoms. The second-order valence-corrected chi connectivity index (χ2v) is 6.90. The van der Waals surface area contributed by atoms with E-state index in [1.165, 1.54) is 19.3 Å². The summed E-state index contributed by atoms with van der Waals surface area (Å²) >= 11 is 0. The zero-order chi connectivity index (χ0) is 16.9. The van der Waals surface area contributed by atoms with Crippen molar-refractivity contribution >= 4 is 23.2 Å². The first-order valence-corrected chi connectivity index (χ1v) is 9.03. The first kappa shape index (κ1) is 16.8. The second-order valence-electron chi connectivity index (χ2n) is 6.90. The van der Waals surface area contributed by atoms with Crippen LogP contribution in [0.15, 0.2) is 18.2 Å². The minimum absolute atomic E-state index is 0.0416. The molecule has 0 atom stereocenters. The molecule has 0 radical (unpaired) electrons. The Morgan fingerprint density at radius 2 is 2.08 bits per heavy atom. The summed E-state index contributed by atoms with van der Waals surface area (Å²) in [6.07, 6.45) is 8.12. The zero-order valence-corrected chi connectivity index (χ0v) is 14.3. The van der Waals surface area contributed by atoms with Crippen LogP contribution in [0.25, 0.3) is 0 Å². The van der Waals surface area contributed by atoms with E-state index in [0.717, 1.165) is 31.6 Å². The molecule has 0 spiro atoms. The monoisotopic (exact) mass is 330 g/mol. The van der Waals surface area contributed by atoms with E-state index in [0.29, 0.717) is 17.1 Å². The molecule has 0 unspecified atom stereocenters. The quantitative estimate of drug-likeness (QED) is 0.859. The first-order chi connectivity index (χ1) is 11.7. The van der Waals surface area contributed by atoms with Crippen LogP contribution >= 0.6 is 0 Å². The normalized spacial score (nSPS) is 23.0. The van der Waals surface area contributed by atoms with Gasteiger partial charge in [-0.25, -0.2) is 0 Å². The van der Waals surface area contributed by atoms with Gasteiger partial charge in [-0.2, -0.15) is 0 Å². The van der Waals surface area contributed by atoms with Gasteiger partial charge in [-0.3, -0.25) is 9.59 Å². The number of amides is 2. The van der Waals surface area contributed by atoms with Crippen molar-refractivity contribution in [3.05, 3.63) is 18.2 Å². The minimum atomic E-state index is -0.170. The van der Waals surface area contributed by atoms with Crippen LogP contribution in [0.1, 0.15) is 51.9 Å². The maximum Gasteiger partial charge on any atom is 0.262 e. The van der Waals surface area contributed by atoms with Crippen molar-refractivity contribution < 1.29 is 14.3 Å². The molecule has 2 N–H and O–H groups in total. The maximum atomic E-state index is 12.5. The van der Waals surface area contributed by atoms with Crippen molar-refractivity contribution in [1.82, 2.24) is 0 Å². The van der Waals surface area contributed by atoms with E-state index >= 15 is 0 Å². The zero-order valence-electron chi connectivity index (χ0n) is 14.3. The second kappa shape index (κ2) is 7.69. The average molecular weight is 330 g/mol. The number of anilines is 2. The van der Waals surface area contributed by atoms with Crippen LogP contribution < -0.4 is 15.4 Å². The smallest absolute Gasteiger partial charge is 0.262 e. The van der Waals surface area contributed by atoms with Gasteiger partial charge < -0.3 is 15.4 Å². The molecule has 0 saturated heterocycles. The average Bonchev–Trinajstić information content (AvgIpc) is 2.60. The number of fused-ring (bicyclic) bond motifs is 1. The Morgan fingerprint density at radius 1 is 1.29 bits per heavy atom. The SMILES string of the molecule is CCCCC1CCC(C(=O)Nc2ccc3c(c2)NC(=O)CO3)CC1. The summed E-state index contributed by atoms with van der Waals surface area (Å²) < 4.78 is 5.33. The molecule has 1 fully saturated rings.